The van der Waals surface area contributed by atoms with E-state index in [1.807, 2.05) is 0 Å². The Morgan fingerprint density at radius 3 is 2.83 bits per heavy atom. The van der Waals surface area contributed by atoms with E-state index in [2.05, 4.69) is 15.1 Å². The van der Waals surface area contributed by atoms with Crippen molar-refractivity contribution < 1.29 is 4.39 Å². The lowest BCUT2D eigenvalue weighted by Gasteiger charge is -2.02. The average Bonchev–Trinajstić information content (AvgIpc) is 2.86. The highest BCUT2D eigenvalue weighted by molar-refractivity contribution is 7.99. The third-order valence-corrected chi connectivity index (χ3v) is 4.19. The van der Waals surface area contributed by atoms with Crippen LogP contribution in [0.25, 0.3) is 16.8 Å². The molecule has 0 fully saturated rings. The van der Waals surface area contributed by atoms with Gasteiger partial charge in [-0.3, -0.25) is 4.98 Å². The van der Waals surface area contributed by atoms with Crippen LogP contribution in [-0.4, -0.2) is 25.3 Å². The van der Waals surface area contributed by atoms with Crippen molar-refractivity contribution in [3.05, 3.63) is 57.9 Å². The Bertz CT molecular complexity index is 933. The molecule has 0 unspecified atom stereocenters. The summed E-state index contributed by atoms with van der Waals surface area (Å²) in [6, 6.07) is 6.02. The molecule has 0 atom stereocenters. The Hall–Kier alpha value is -2.12. The van der Waals surface area contributed by atoms with Gasteiger partial charge in [-0.15, -0.1) is 0 Å². The summed E-state index contributed by atoms with van der Waals surface area (Å²) in [5.41, 5.74) is 3.60. The quantitative estimate of drug-likeness (QED) is 0.733. The van der Waals surface area contributed by atoms with Crippen molar-refractivity contribution in [3.8, 4) is 11.1 Å². The summed E-state index contributed by atoms with van der Waals surface area (Å²) in [5, 5.41) is 4.69. The maximum atomic E-state index is 13.1. The van der Waals surface area contributed by atoms with Crippen LogP contribution in [0, 0.1) is 12.7 Å². The first-order valence-electron chi connectivity index (χ1n) is 6.74. The van der Waals surface area contributed by atoms with E-state index in [4.69, 9.17) is 11.6 Å². The second kappa shape index (κ2) is 6.55. The average molecular weight is 351 g/mol. The minimum absolute atomic E-state index is 0.321. The third kappa shape index (κ3) is 3.16. The van der Waals surface area contributed by atoms with Crippen molar-refractivity contribution in [2.24, 2.45) is 0 Å². The second-order valence-corrected chi connectivity index (χ2v) is 5.98. The lowest BCUT2D eigenvalue weighted by molar-refractivity contribution is 0.628. The highest BCUT2D eigenvalue weighted by atomic mass is 35.5. The molecular weight excluding hydrogens is 339 g/mol. The number of nitrogens with one attached hydrogen (secondary N) is 1. The second-order valence-electron chi connectivity index (χ2n) is 4.72. The first-order valence-corrected chi connectivity index (χ1v) is 8.16. The standard InChI is InChI=1S/C15H12ClFN4OS/c1-9-12(10-3-5-11(17)6-4-10)13-18-14(23-8-2-7-16)19-15(22)21(13)20-9/h2-7H,8H2,1H3,(H,18,19,22)/b7-2-. The Morgan fingerprint density at radius 1 is 1.39 bits per heavy atom. The van der Waals surface area contributed by atoms with Gasteiger partial charge >= 0.3 is 5.69 Å². The molecule has 5 nitrogen and oxygen atoms in total. The molecule has 2 aromatic heterocycles. The van der Waals surface area contributed by atoms with Gasteiger partial charge in [0, 0.05) is 16.9 Å². The molecule has 118 valence electrons. The molecule has 0 aliphatic carbocycles. The van der Waals surface area contributed by atoms with Crippen molar-refractivity contribution in [3.63, 3.8) is 0 Å². The normalized spacial score (nSPS) is 11.6. The first kappa shape index (κ1) is 15.8. The number of hydrogen-bond donors (Lipinski definition) is 1. The fourth-order valence-electron chi connectivity index (χ4n) is 2.21. The van der Waals surface area contributed by atoms with Crippen molar-refractivity contribution in [1.82, 2.24) is 19.6 Å². The topological polar surface area (TPSA) is 63.1 Å². The minimum atomic E-state index is -0.371. The number of hydrogen-bond acceptors (Lipinski definition) is 4. The van der Waals surface area contributed by atoms with E-state index >= 15 is 0 Å². The lowest BCUT2D eigenvalue weighted by atomic mass is 10.1. The van der Waals surface area contributed by atoms with Crippen LogP contribution in [0.2, 0.25) is 0 Å². The number of nitrogens with zero attached hydrogens (tertiary/aromatic N) is 3. The molecular formula is C15H12ClFN4OS. The van der Waals surface area contributed by atoms with Crippen LogP contribution in [0.5, 0.6) is 0 Å². The van der Waals surface area contributed by atoms with Crippen molar-refractivity contribution in [2.45, 2.75) is 12.1 Å². The van der Waals surface area contributed by atoms with E-state index in [1.54, 1.807) is 25.1 Å². The molecule has 3 aromatic rings. The molecule has 0 bridgehead atoms. The van der Waals surface area contributed by atoms with Gasteiger partial charge in [0.25, 0.3) is 0 Å². The molecule has 0 aliphatic heterocycles. The number of rotatable bonds is 4. The number of halogens is 2. The smallest absolute Gasteiger partial charge is 0.285 e. The fraction of sp³-hybridized carbons (Fsp3) is 0.133. The summed E-state index contributed by atoms with van der Waals surface area (Å²) in [6.07, 6.45) is 1.75. The number of H-pyrrole nitrogens is 1. The Morgan fingerprint density at radius 2 is 2.13 bits per heavy atom. The van der Waals surface area contributed by atoms with Gasteiger partial charge in [0.05, 0.1) is 5.69 Å². The van der Waals surface area contributed by atoms with Crippen molar-refractivity contribution >= 4 is 29.0 Å². The molecule has 0 aliphatic rings. The summed E-state index contributed by atoms with van der Waals surface area (Å²) in [6.45, 7) is 1.79. The number of aromatic amines is 1. The van der Waals surface area contributed by atoms with Crippen LogP contribution in [0.1, 0.15) is 5.69 Å². The molecule has 1 aromatic carbocycles. The summed E-state index contributed by atoms with van der Waals surface area (Å²) in [4.78, 5) is 19.3. The fourth-order valence-corrected chi connectivity index (χ4v) is 3.07. The van der Waals surface area contributed by atoms with Crippen molar-refractivity contribution in [1.29, 1.82) is 0 Å². The number of fused-ring (bicyclic) bond motifs is 1. The maximum absolute atomic E-state index is 13.1. The molecule has 0 saturated heterocycles. The van der Waals surface area contributed by atoms with Gasteiger partial charge in [-0.1, -0.05) is 41.6 Å². The Balaban J connectivity index is 2.15. The van der Waals surface area contributed by atoms with Gasteiger partial charge in [0.2, 0.25) is 0 Å². The Kier molecular flexibility index (Phi) is 4.49. The monoisotopic (exact) mass is 350 g/mol. The van der Waals surface area contributed by atoms with Gasteiger partial charge < -0.3 is 0 Å². The van der Waals surface area contributed by atoms with Gasteiger partial charge in [-0.05, 0) is 24.6 Å². The van der Waals surface area contributed by atoms with E-state index in [0.29, 0.717) is 27.8 Å². The maximum Gasteiger partial charge on any atom is 0.350 e. The molecule has 0 saturated carbocycles. The number of aryl methyl sites for hydroxylation is 1. The summed E-state index contributed by atoms with van der Waals surface area (Å²) in [7, 11) is 0. The molecule has 2 heterocycles. The Labute approximate surface area is 140 Å². The van der Waals surface area contributed by atoms with Gasteiger partial charge in [0.1, 0.15) is 5.82 Å². The molecule has 8 heteroatoms. The van der Waals surface area contributed by atoms with Gasteiger partial charge in [-0.25, -0.2) is 14.2 Å². The van der Waals surface area contributed by atoms with Crippen LogP contribution in [0.4, 0.5) is 4.39 Å². The summed E-state index contributed by atoms with van der Waals surface area (Å²) >= 11 is 6.84. The highest BCUT2D eigenvalue weighted by Gasteiger charge is 2.16. The number of benzene rings is 1. The van der Waals surface area contributed by atoms with Gasteiger partial charge in [0.15, 0.2) is 10.8 Å². The molecule has 3 rings (SSSR count). The molecule has 0 amide bonds. The predicted octanol–water partition coefficient (Wildman–Crippen LogP) is 3.38. The predicted molar refractivity (Wildman–Crippen MR) is 89.5 cm³/mol. The zero-order valence-corrected chi connectivity index (χ0v) is 13.7. The van der Waals surface area contributed by atoms with E-state index in [0.717, 1.165) is 5.56 Å². The zero-order chi connectivity index (χ0) is 16.4. The zero-order valence-electron chi connectivity index (χ0n) is 12.1. The summed E-state index contributed by atoms with van der Waals surface area (Å²) < 4.78 is 14.3. The third-order valence-electron chi connectivity index (χ3n) is 3.19. The van der Waals surface area contributed by atoms with E-state index in [-0.39, 0.29) is 11.5 Å². The van der Waals surface area contributed by atoms with E-state index in [1.165, 1.54) is 33.9 Å². The number of thioether (sulfide) groups is 1. The van der Waals surface area contributed by atoms with Gasteiger partial charge in [-0.2, -0.15) is 9.61 Å². The number of aromatic nitrogens is 4. The molecule has 23 heavy (non-hydrogen) atoms. The van der Waals surface area contributed by atoms with E-state index < -0.39 is 0 Å². The van der Waals surface area contributed by atoms with Crippen LogP contribution < -0.4 is 5.69 Å². The first-order chi connectivity index (χ1) is 11.1. The SMILES string of the molecule is Cc1nn2c(=O)[nH]c(SC/C=C\Cl)nc2c1-c1ccc(F)cc1. The van der Waals surface area contributed by atoms with E-state index in [9.17, 15) is 9.18 Å². The summed E-state index contributed by atoms with van der Waals surface area (Å²) in [5.74, 6) is 0.263. The lowest BCUT2D eigenvalue weighted by Crippen LogP contribution is -2.19. The molecule has 0 spiro atoms. The molecule has 0 radical (unpaired) electrons. The largest absolute Gasteiger partial charge is 0.350 e. The highest BCUT2D eigenvalue weighted by Crippen LogP contribution is 2.27. The minimum Gasteiger partial charge on any atom is -0.285 e. The van der Waals surface area contributed by atoms with Crippen LogP contribution in [0.15, 0.2) is 45.8 Å². The molecule has 1 N–H and O–H groups in total. The van der Waals surface area contributed by atoms with Crippen LogP contribution in [-0.2, 0) is 0 Å². The van der Waals surface area contributed by atoms with Crippen LogP contribution in [0.3, 0.4) is 0 Å². The van der Waals surface area contributed by atoms with Crippen molar-refractivity contribution in [2.75, 3.05) is 5.75 Å². The van der Waals surface area contributed by atoms with Crippen LogP contribution >= 0.6 is 23.4 Å².